The number of carbonyl (C=O) groups excluding carboxylic acids is 2. The fourth-order valence-corrected chi connectivity index (χ4v) is 3.99. The first kappa shape index (κ1) is 22.8. The maximum Gasteiger partial charge on any atom is 0.343 e. The molecule has 2 aromatic heterocycles. The number of nitrogens with zero attached hydrogens (tertiary/aromatic N) is 4. The van der Waals surface area contributed by atoms with Gasteiger partial charge in [0, 0.05) is 11.9 Å². The van der Waals surface area contributed by atoms with Gasteiger partial charge in [0.2, 0.25) is 5.95 Å². The molecule has 1 amide bonds. The van der Waals surface area contributed by atoms with Crippen molar-refractivity contribution >= 4 is 23.6 Å². The number of methoxy groups -OCH3 is 1. The molecule has 3 heterocycles. The summed E-state index contributed by atoms with van der Waals surface area (Å²) in [4.78, 5) is 34.4. The molecule has 1 atom stereocenters. The van der Waals surface area contributed by atoms with Gasteiger partial charge in [-0.3, -0.25) is 4.79 Å². The summed E-state index contributed by atoms with van der Waals surface area (Å²) in [5.74, 6) is 0.649. The van der Waals surface area contributed by atoms with E-state index in [1.807, 2.05) is 6.07 Å². The molecule has 2 N–H and O–H groups in total. The van der Waals surface area contributed by atoms with Gasteiger partial charge in [-0.05, 0) is 48.9 Å². The van der Waals surface area contributed by atoms with Crippen LogP contribution >= 0.6 is 0 Å². The van der Waals surface area contributed by atoms with Crippen LogP contribution in [0.2, 0.25) is 0 Å². The monoisotopic (exact) mass is 482 g/mol. The predicted molar refractivity (Wildman–Crippen MR) is 132 cm³/mol. The average Bonchev–Trinajstić information content (AvgIpc) is 3.37. The van der Waals surface area contributed by atoms with E-state index in [1.165, 1.54) is 13.4 Å². The van der Waals surface area contributed by atoms with Crippen LogP contribution in [0.5, 0.6) is 11.5 Å². The van der Waals surface area contributed by atoms with Crippen LogP contribution in [-0.2, 0) is 4.79 Å². The molecule has 1 aliphatic heterocycles. The van der Waals surface area contributed by atoms with Crippen molar-refractivity contribution in [3.05, 3.63) is 102 Å². The minimum absolute atomic E-state index is 0.253. The predicted octanol–water partition coefficient (Wildman–Crippen LogP) is 3.83. The first-order valence-electron chi connectivity index (χ1n) is 11.1. The van der Waals surface area contributed by atoms with Crippen LogP contribution in [0.1, 0.15) is 28.9 Å². The topological polar surface area (TPSA) is 120 Å². The Morgan fingerprint density at radius 1 is 1.00 bits per heavy atom. The fraction of sp³-hybridized carbons (Fsp3) is 0.115. The number of nitrogens with one attached hydrogen (secondary N) is 2. The number of esters is 1. The Bertz CT molecular complexity index is 1450. The van der Waals surface area contributed by atoms with Gasteiger partial charge in [0.05, 0.1) is 18.2 Å². The molecule has 1 aliphatic rings. The van der Waals surface area contributed by atoms with Crippen molar-refractivity contribution in [3.63, 3.8) is 0 Å². The van der Waals surface area contributed by atoms with Gasteiger partial charge in [0.25, 0.3) is 5.91 Å². The third-order valence-electron chi connectivity index (χ3n) is 5.66. The number of ether oxygens (including phenoxy) is 2. The number of hydrogen-bond donors (Lipinski definition) is 2. The van der Waals surface area contributed by atoms with Gasteiger partial charge in [-0.15, -0.1) is 0 Å². The highest BCUT2D eigenvalue weighted by Gasteiger charge is 2.34. The maximum atomic E-state index is 13.4. The van der Waals surface area contributed by atoms with Crippen LogP contribution in [0.4, 0.5) is 11.8 Å². The average molecular weight is 483 g/mol. The van der Waals surface area contributed by atoms with E-state index in [2.05, 4.69) is 25.7 Å². The molecule has 36 heavy (non-hydrogen) atoms. The number of fused-ring (bicyclic) bond motifs is 1. The Hall–Kier alpha value is -4.99. The molecule has 0 saturated carbocycles. The lowest BCUT2D eigenvalue weighted by Crippen LogP contribution is -2.31. The number of pyridine rings is 1. The number of anilines is 2. The van der Waals surface area contributed by atoms with Crippen LogP contribution < -0.4 is 20.1 Å². The van der Waals surface area contributed by atoms with E-state index in [1.54, 1.807) is 78.5 Å². The first-order chi connectivity index (χ1) is 17.5. The number of carbonyl (C=O) groups is 2. The molecular weight excluding hydrogens is 460 g/mol. The molecule has 5 rings (SSSR count). The standard InChI is InChI=1S/C26H22N6O4/c1-16-22(24(33)31-21-10-6-7-13-27-21)23(32-26(30-16)28-15-29-32)18-11-12-19(20(14-18)35-2)36-25(34)17-8-4-3-5-9-17/h3-15,23H,1-2H3,(H,27,31,33)(H,28,29,30)/t23-/m1/s1. The number of benzene rings is 2. The zero-order valence-electron chi connectivity index (χ0n) is 19.5. The molecule has 0 saturated heterocycles. The SMILES string of the molecule is COc1cc([C@@H]2C(C(=O)Nc3ccccn3)=C(C)Nc3ncnn32)ccc1OC(=O)c1ccccc1. The summed E-state index contributed by atoms with van der Waals surface area (Å²) in [5.41, 5.74) is 2.15. The third kappa shape index (κ3) is 4.39. The minimum Gasteiger partial charge on any atom is -0.493 e. The van der Waals surface area contributed by atoms with Gasteiger partial charge in [0.1, 0.15) is 18.2 Å². The van der Waals surface area contributed by atoms with E-state index in [-0.39, 0.29) is 11.7 Å². The number of hydrogen-bond acceptors (Lipinski definition) is 8. The van der Waals surface area contributed by atoms with E-state index in [0.717, 1.165) is 0 Å². The van der Waals surface area contributed by atoms with Gasteiger partial charge in [-0.25, -0.2) is 14.5 Å². The minimum atomic E-state index is -0.625. The normalized spacial score (nSPS) is 14.4. The molecule has 10 nitrogen and oxygen atoms in total. The lowest BCUT2D eigenvalue weighted by atomic mass is 9.94. The van der Waals surface area contributed by atoms with Gasteiger partial charge in [-0.1, -0.05) is 30.3 Å². The Kier molecular flexibility index (Phi) is 6.14. The molecule has 0 unspecified atom stereocenters. The summed E-state index contributed by atoms with van der Waals surface area (Å²) in [6, 6.07) is 18.4. The third-order valence-corrected chi connectivity index (χ3v) is 5.66. The highest BCUT2D eigenvalue weighted by Crippen LogP contribution is 2.39. The highest BCUT2D eigenvalue weighted by molar-refractivity contribution is 6.05. The molecular formula is C26H22N6O4. The van der Waals surface area contributed by atoms with E-state index >= 15 is 0 Å². The quantitative estimate of drug-likeness (QED) is 0.314. The van der Waals surface area contributed by atoms with Crippen LogP contribution in [0.25, 0.3) is 0 Å². The van der Waals surface area contributed by atoms with Crippen LogP contribution in [0.3, 0.4) is 0 Å². The maximum absolute atomic E-state index is 13.4. The lowest BCUT2D eigenvalue weighted by Gasteiger charge is -2.29. The van der Waals surface area contributed by atoms with Gasteiger partial charge in [0.15, 0.2) is 11.5 Å². The van der Waals surface area contributed by atoms with Crippen molar-refractivity contribution in [2.24, 2.45) is 0 Å². The summed E-state index contributed by atoms with van der Waals surface area (Å²) < 4.78 is 12.7. The van der Waals surface area contributed by atoms with Crippen LogP contribution in [0, 0.1) is 0 Å². The second-order valence-corrected chi connectivity index (χ2v) is 7.93. The molecule has 0 aliphatic carbocycles. The molecule has 0 radical (unpaired) electrons. The van der Waals surface area contributed by atoms with Crippen molar-refractivity contribution in [3.8, 4) is 11.5 Å². The number of rotatable bonds is 6. The zero-order chi connectivity index (χ0) is 25.1. The van der Waals surface area contributed by atoms with Crippen molar-refractivity contribution in [2.75, 3.05) is 17.7 Å². The Labute approximate surface area is 206 Å². The number of allylic oxidation sites excluding steroid dienone is 1. The fourth-order valence-electron chi connectivity index (χ4n) is 3.99. The molecule has 0 bridgehead atoms. The van der Waals surface area contributed by atoms with Crippen LogP contribution in [-0.4, -0.2) is 38.7 Å². The van der Waals surface area contributed by atoms with E-state index < -0.39 is 12.0 Å². The second-order valence-electron chi connectivity index (χ2n) is 7.93. The van der Waals surface area contributed by atoms with Crippen molar-refractivity contribution in [2.45, 2.75) is 13.0 Å². The van der Waals surface area contributed by atoms with E-state index in [9.17, 15) is 9.59 Å². The summed E-state index contributed by atoms with van der Waals surface area (Å²) in [7, 11) is 1.48. The molecule has 0 spiro atoms. The molecule has 4 aromatic rings. The smallest absolute Gasteiger partial charge is 0.343 e. The summed E-state index contributed by atoms with van der Waals surface area (Å²) in [6.07, 6.45) is 3.01. The summed E-state index contributed by atoms with van der Waals surface area (Å²) in [6.45, 7) is 1.80. The van der Waals surface area contributed by atoms with Crippen molar-refractivity contribution < 1.29 is 19.1 Å². The summed E-state index contributed by atoms with van der Waals surface area (Å²) in [5, 5.41) is 10.3. The molecule has 0 fully saturated rings. The lowest BCUT2D eigenvalue weighted by molar-refractivity contribution is -0.113. The molecule has 2 aromatic carbocycles. The molecule has 10 heteroatoms. The van der Waals surface area contributed by atoms with E-state index in [0.29, 0.717) is 39.9 Å². The summed E-state index contributed by atoms with van der Waals surface area (Å²) >= 11 is 0. The second kappa shape index (κ2) is 9.71. The van der Waals surface area contributed by atoms with Gasteiger partial charge < -0.3 is 20.1 Å². The van der Waals surface area contributed by atoms with Gasteiger partial charge >= 0.3 is 5.97 Å². The van der Waals surface area contributed by atoms with Crippen molar-refractivity contribution in [1.29, 1.82) is 0 Å². The highest BCUT2D eigenvalue weighted by atomic mass is 16.6. The van der Waals surface area contributed by atoms with Gasteiger partial charge in [-0.2, -0.15) is 10.1 Å². The number of aromatic nitrogens is 4. The first-order valence-corrected chi connectivity index (χ1v) is 11.1. The largest absolute Gasteiger partial charge is 0.493 e. The number of amides is 1. The Morgan fingerprint density at radius 3 is 2.56 bits per heavy atom. The van der Waals surface area contributed by atoms with Crippen LogP contribution in [0.15, 0.2) is 90.5 Å². The van der Waals surface area contributed by atoms with Crippen molar-refractivity contribution in [1.82, 2.24) is 19.7 Å². The van der Waals surface area contributed by atoms with E-state index in [4.69, 9.17) is 9.47 Å². The Morgan fingerprint density at radius 2 is 1.81 bits per heavy atom. The Balaban J connectivity index is 1.50. The zero-order valence-corrected chi connectivity index (χ0v) is 19.5. The molecule has 180 valence electrons.